The van der Waals surface area contributed by atoms with Crippen LogP contribution in [0.5, 0.6) is 0 Å². The second-order valence-corrected chi connectivity index (χ2v) is 4.26. The third-order valence-electron chi connectivity index (χ3n) is 2.75. The number of rotatable bonds is 4. The van der Waals surface area contributed by atoms with Crippen LogP contribution in [0.1, 0.15) is 16.2 Å². The van der Waals surface area contributed by atoms with Gasteiger partial charge in [0, 0.05) is 18.2 Å². The topological polar surface area (TPSA) is 78.4 Å². The quantitative estimate of drug-likeness (QED) is 0.690. The summed E-state index contributed by atoms with van der Waals surface area (Å²) in [6.07, 6.45) is 1.31. The number of hydrogen-bond acceptors (Lipinski definition) is 6. The van der Waals surface area contributed by atoms with Crippen LogP contribution >= 0.6 is 0 Å². The SMILES string of the molecule is O=C(OCc1cc(-c2ccc(F)cc2F)on1)c1ccno1. The van der Waals surface area contributed by atoms with E-state index in [0.717, 1.165) is 12.1 Å². The number of carbonyl (C=O) groups excluding carboxylic acids is 1. The molecule has 0 radical (unpaired) electrons. The Labute approximate surface area is 122 Å². The van der Waals surface area contributed by atoms with Crippen LogP contribution in [0, 0.1) is 11.6 Å². The Morgan fingerprint density at radius 2 is 2.05 bits per heavy atom. The van der Waals surface area contributed by atoms with Gasteiger partial charge in [0.25, 0.3) is 0 Å². The van der Waals surface area contributed by atoms with Gasteiger partial charge in [-0.2, -0.15) is 0 Å². The third-order valence-corrected chi connectivity index (χ3v) is 2.75. The van der Waals surface area contributed by atoms with Gasteiger partial charge in [-0.05, 0) is 12.1 Å². The molecule has 0 aliphatic carbocycles. The van der Waals surface area contributed by atoms with Gasteiger partial charge in [-0.15, -0.1) is 0 Å². The zero-order chi connectivity index (χ0) is 15.5. The number of aromatic nitrogens is 2. The fourth-order valence-electron chi connectivity index (χ4n) is 1.73. The van der Waals surface area contributed by atoms with E-state index in [9.17, 15) is 13.6 Å². The first kappa shape index (κ1) is 13.9. The summed E-state index contributed by atoms with van der Waals surface area (Å²) < 4.78 is 41.0. The first-order chi connectivity index (χ1) is 10.6. The molecule has 0 N–H and O–H groups in total. The maximum absolute atomic E-state index is 13.6. The van der Waals surface area contributed by atoms with Crippen LogP contribution in [-0.4, -0.2) is 16.3 Å². The number of nitrogens with zero attached hydrogens (tertiary/aromatic N) is 2. The Bertz CT molecular complexity index is 799. The molecule has 0 spiro atoms. The Morgan fingerprint density at radius 1 is 1.18 bits per heavy atom. The average Bonchev–Trinajstić information content (AvgIpc) is 3.16. The second-order valence-electron chi connectivity index (χ2n) is 4.26. The molecule has 0 saturated heterocycles. The van der Waals surface area contributed by atoms with Crippen molar-refractivity contribution in [1.29, 1.82) is 0 Å². The molecule has 0 bridgehead atoms. The van der Waals surface area contributed by atoms with Crippen LogP contribution < -0.4 is 0 Å². The van der Waals surface area contributed by atoms with Crippen LogP contribution in [0.15, 0.2) is 45.6 Å². The average molecular weight is 306 g/mol. The fourth-order valence-corrected chi connectivity index (χ4v) is 1.73. The molecule has 6 nitrogen and oxygen atoms in total. The van der Waals surface area contributed by atoms with Crippen molar-refractivity contribution < 1.29 is 27.4 Å². The number of ether oxygens (including phenoxy) is 1. The molecule has 0 saturated carbocycles. The molecule has 0 aliphatic rings. The highest BCUT2D eigenvalue weighted by Gasteiger charge is 2.15. The lowest BCUT2D eigenvalue weighted by Crippen LogP contribution is -2.04. The molecule has 8 heteroatoms. The smallest absolute Gasteiger partial charge is 0.377 e. The van der Waals surface area contributed by atoms with E-state index >= 15 is 0 Å². The van der Waals surface area contributed by atoms with Crippen LogP contribution in [0.2, 0.25) is 0 Å². The standard InChI is InChI=1S/C14H8F2N2O4/c15-8-1-2-10(11(16)5-8)13-6-9(18-22-13)7-20-14(19)12-3-4-17-21-12/h1-6H,7H2. The Kier molecular flexibility index (Phi) is 3.65. The molecule has 1 aromatic carbocycles. The molecule has 0 unspecified atom stereocenters. The Balaban J connectivity index is 1.70. The maximum Gasteiger partial charge on any atom is 0.377 e. The van der Waals surface area contributed by atoms with Gasteiger partial charge < -0.3 is 13.8 Å². The van der Waals surface area contributed by atoms with Crippen LogP contribution in [0.4, 0.5) is 8.78 Å². The molecular formula is C14H8F2N2O4. The van der Waals surface area contributed by atoms with E-state index in [1.54, 1.807) is 0 Å². The summed E-state index contributed by atoms with van der Waals surface area (Å²) in [6.45, 7) is -0.189. The molecule has 0 atom stereocenters. The molecule has 0 amide bonds. The summed E-state index contributed by atoms with van der Waals surface area (Å²) >= 11 is 0. The highest BCUT2D eigenvalue weighted by atomic mass is 19.1. The van der Waals surface area contributed by atoms with Gasteiger partial charge in [0.15, 0.2) is 5.76 Å². The first-order valence-electron chi connectivity index (χ1n) is 6.12. The molecule has 2 aromatic heterocycles. The molecular weight excluding hydrogens is 298 g/mol. The summed E-state index contributed by atoms with van der Waals surface area (Å²) in [6, 6.07) is 5.82. The molecule has 112 valence electrons. The van der Waals surface area contributed by atoms with Gasteiger partial charge in [-0.3, -0.25) is 0 Å². The van der Waals surface area contributed by atoms with E-state index in [1.165, 1.54) is 24.4 Å². The van der Waals surface area contributed by atoms with Crippen LogP contribution in [0.3, 0.4) is 0 Å². The highest BCUT2D eigenvalue weighted by Crippen LogP contribution is 2.24. The molecule has 0 fully saturated rings. The largest absolute Gasteiger partial charge is 0.453 e. The van der Waals surface area contributed by atoms with E-state index < -0.39 is 17.6 Å². The van der Waals surface area contributed by atoms with Crippen molar-refractivity contribution in [2.24, 2.45) is 0 Å². The second kappa shape index (κ2) is 5.76. The highest BCUT2D eigenvalue weighted by molar-refractivity contribution is 5.85. The number of esters is 1. The normalized spacial score (nSPS) is 10.6. The number of halogens is 2. The summed E-state index contributed by atoms with van der Waals surface area (Å²) in [5.41, 5.74) is 0.327. The van der Waals surface area contributed by atoms with E-state index in [2.05, 4.69) is 14.8 Å². The van der Waals surface area contributed by atoms with Crippen molar-refractivity contribution in [3.63, 3.8) is 0 Å². The summed E-state index contributed by atoms with van der Waals surface area (Å²) in [7, 11) is 0. The summed E-state index contributed by atoms with van der Waals surface area (Å²) in [4.78, 5) is 11.5. The van der Waals surface area contributed by atoms with Gasteiger partial charge >= 0.3 is 5.97 Å². The first-order valence-corrected chi connectivity index (χ1v) is 6.12. The van der Waals surface area contributed by atoms with Gasteiger partial charge in [0.2, 0.25) is 5.76 Å². The van der Waals surface area contributed by atoms with Crippen molar-refractivity contribution in [3.8, 4) is 11.3 Å². The van der Waals surface area contributed by atoms with E-state index in [1.807, 2.05) is 0 Å². The maximum atomic E-state index is 13.6. The van der Waals surface area contributed by atoms with E-state index in [-0.39, 0.29) is 29.4 Å². The molecule has 3 rings (SSSR count). The zero-order valence-electron chi connectivity index (χ0n) is 11.0. The van der Waals surface area contributed by atoms with Crippen molar-refractivity contribution >= 4 is 5.97 Å². The van der Waals surface area contributed by atoms with Gasteiger partial charge in [0.05, 0.1) is 11.8 Å². The Hall–Kier alpha value is -3.03. The van der Waals surface area contributed by atoms with Crippen molar-refractivity contribution in [2.45, 2.75) is 6.61 Å². The van der Waals surface area contributed by atoms with Crippen molar-refractivity contribution in [3.05, 3.63) is 59.6 Å². The molecule has 0 aliphatic heterocycles. The zero-order valence-corrected chi connectivity index (χ0v) is 11.0. The van der Waals surface area contributed by atoms with Gasteiger partial charge in [-0.25, -0.2) is 13.6 Å². The number of hydrogen-bond donors (Lipinski definition) is 0. The minimum absolute atomic E-state index is 0.0479. The van der Waals surface area contributed by atoms with Crippen LogP contribution in [-0.2, 0) is 11.3 Å². The predicted octanol–water partition coefficient (Wildman–Crippen LogP) is 2.96. The third kappa shape index (κ3) is 2.85. The lowest BCUT2D eigenvalue weighted by molar-refractivity contribution is 0.0417. The molecule has 2 heterocycles. The lowest BCUT2D eigenvalue weighted by Gasteiger charge is -1.98. The molecule has 3 aromatic rings. The number of benzene rings is 1. The monoisotopic (exact) mass is 306 g/mol. The summed E-state index contributed by atoms with van der Waals surface area (Å²) in [5, 5.41) is 7.03. The number of carbonyl (C=O) groups is 1. The minimum Gasteiger partial charge on any atom is -0.453 e. The van der Waals surface area contributed by atoms with Crippen molar-refractivity contribution in [1.82, 2.24) is 10.3 Å². The predicted molar refractivity (Wildman–Crippen MR) is 67.5 cm³/mol. The molecule has 22 heavy (non-hydrogen) atoms. The minimum atomic E-state index is -0.777. The fraction of sp³-hybridized carbons (Fsp3) is 0.0714. The summed E-state index contributed by atoms with van der Waals surface area (Å²) in [5.74, 6) is -2.13. The van der Waals surface area contributed by atoms with Crippen LogP contribution in [0.25, 0.3) is 11.3 Å². The van der Waals surface area contributed by atoms with Gasteiger partial charge in [0.1, 0.15) is 23.9 Å². The Morgan fingerprint density at radius 3 is 2.77 bits per heavy atom. The van der Waals surface area contributed by atoms with Crippen molar-refractivity contribution in [2.75, 3.05) is 0 Å². The lowest BCUT2D eigenvalue weighted by atomic mass is 10.1. The van der Waals surface area contributed by atoms with E-state index in [4.69, 9.17) is 9.26 Å². The van der Waals surface area contributed by atoms with E-state index in [0.29, 0.717) is 0 Å². The van der Waals surface area contributed by atoms with Gasteiger partial charge in [-0.1, -0.05) is 10.3 Å².